The zero-order valence-electron chi connectivity index (χ0n) is 10.9. The van der Waals surface area contributed by atoms with Crippen LogP contribution >= 0.6 is 0 Å². The third-order valence-electron chi connectivity index (χ3n) is 4.08. The van der Waals surface area contributed by atoms with Gasteiger partial charge in [0.05, 0.1) is 0 Å². The Morgan fingerprint density at radius 2 is 1.94 bits per heavy atom. The van der Waals surface area contributed by atoms with E-state index in [0.717, 1.165) is 19.0 Å². The summed E-state index contributed by atoms with van der Waals surface area (Å²) >= 11 is 0. The summed E-state index contributed by atoms with van der Waals surface area (Å²) in [6.45, 7) is 7.03. The van der Waals surface area contributed by atoms with E-state index in [-0.39, 0.29) is 0 Å². The molecule has 2 nitrogen and oxygen atoms in total. The molecule has 0 atom stereocenters. The van der Waals surface area contributed by atoms with Crippen LogP contribution in [0.15, 0.2) is 11.1 Å². The maximum absolute atomic E-state index is 3.32. The van der Waals surface area contributed by atoms with Crippen molar-refractivity contribution in [2.45, 2.75) is 39.0 Å². The Bertz CT molecular complexity index is 245. The average molecular weight is 222 g/mol. The molecule has 0 amide bonds. The number of hydrogen-bond acceptors (Lipinski definition) is 2. The molecule has 0 aromatic rings. The smallest absolute Gasteiger partial charge is 0.0190 e. The van der Waals surface area contributed by atoms with Crippen LogP contribution in [0.1, 0.15) is 39.0 Å². The van der Waals surface area contributed by atoms with Gasteiger partial charge >= 0.3 is 0 Å². The van der Waals surface area contributed by atoms with Gasteiger partial charge in [-0.2, -0.15) is 0 Å². The second kappa shape index (κ2) is 5.83. The van der Waals surface area contributed by atoms with E-state index in [4.69, 9.17) is 0 Å². The van der Waals surface area contributed by atoms with Crippen molar-refractivity contribution in [3.05, 3.63) is 11.1 Å². The van der Waals surface area contributed by atoms with E-state index >= 15 is 0 Å². The Labute approximate surface area is 100 Å². The van der Waals surface area contributed by atoms with Crippen molar-refractivity contribution in [2.24, 2.45) is 5.92 Å². The van der Waals surface area contributed by atoms with Crippen molar-refractivity contribution < 1.29 is 0 Å². The molecule has 0 unspecified atom stereocenters. The first kappa shape index (κ1) is 12.1. The van der Waals surface area contributed by atoms with E-state index in [1.54, 1.807) is 11.1 Å². The summed E-state index contributed by atoms with van der Waals surface area (Å²) in [5, 5.41) is 3.32. The molecule has 0 radical (unpaired) electrons. The van der Waals surface area contributed by atoms with Gasteiger partial charge in [-0.25, -0.2) is 0 Å². The highest BCUT2D eigenvalue weighted by Crippen LogP contribution is 2.24. The highest BCUT2D eigenvalue weighted by Gasteiger charge is 2.17. The molecule has 1 saturated carbocycles. The maximum atomic E-state index is 3.32. The lowest BCUT2D eigenvalue weighted by Crippen LogP contribution is -2.37. The lowest BCUT2D eigenvalue weighted by atomic mass is 9.89. The van der Waals surface area contributed by atoms with E-state index in [9.17, 15) is 0 Å². The third-order valence-corrected chi connectivity index (χ3v) is 4.08. The second-order valence-electron chi connectivity index (χ2n) is 5.69. The van der Waals surface area contributed by atoms with Crippen LogP contribution in [0.4, 0.5) is 0 Å². The van der Waals surface area contributed by atoms with Crippen molar-refractivity contribution in [2.75, 3.05) is 33.2 Å². The first-order valence-electron chi connectivity index (χ1n) is 6.82. The summed E-state index contributed by atoms with van der Waals surface area (Å²) in [6.07, 6.45) is 7.31. The third kappa shape index (κ3) is 3.33. The van der Waals surface area contributed by atoms with Gasteiger partial charge in [0.25, 0.3) is 0 Å². The fourth-order valence-corrected chi connectivity index (χ4v) is 2.94. The lowest BCUT2D eigenvalue weighted by Gasteiger charge is -2.29. The quantitative estimate of drug-likeness (QED) is 0.735. The van der Waals surface area contributed by atoms with Gasteiger partial charge in [0.2, 0.25) is 0 Å². The first-order chi connectivity index (χ1) is 7.75. The molecule has 0 spiro atoms. The van der Waals surface area contributed by atoms with E-state index in [2.05, 4.69) is 24.2 Å². The van der Waals surface area contributed by atoms with Crippen molar-refractivity contribution >= 4 is 0 Å². The van der Waals surface area contributed by atoms with Gasteiger partial charge in [-0.1, -0.05) is 24.8 Å². The van der Waals surface area contributed by atoms with Gasteiger partial charge in [0.1, 0.15) is 0 Å². The van der Waals surface area contributed by atoms with Crippen LogP contribution in [0, 0.1) is 5.92 Å². The maximum Gasteiger partial charge on any atom is 0.0190 e. The molecule has 1 aliphatic carbocycles. The van der Waals surface area contributed by atoms with Crippen molar-refractivity contribution in [1.29, 1.82) is 0 Å². The summed E-state index contributed by atoms with van der Waals surface area (Å²) in [5.41, 5.74) is 3.23. The number of hydrogen-bond donors (Lipinski definition) is 1. The molecule has 16 heavy (non-hydrogen) atoms. The van der Waals surface area contributed by atoms with Gasteiger partial charge in [-0.05, 0) is 38.3 Å². The van der Waals surface area contributed by atoms with Crippen LogP contribution in [0.5, 0.6) is 0 Å². The predicted octanol–water partition coefficient (Wildman–Crippen LogP) is 2.42. The molecule has 2 aliphatic rings. The van der Waals surface area contributed by atoms with Gasteiger partial charge in [0, 0.05) is 26.2 Å². The van der Waals surface area contributed by atoms with Crippen molar-refractivity contribution in [3.8, 4) is 0 Å². The summed E-state index contributed by atoms with van der Waals surface area (Å²) in [6, 6.07) is 0. The summed E-state index contributed by atoms with van der Waals surface area (Å²) < 4.78 is 0. The molecule has 0 aromatic heterocycles. The summed E-state index contributed by atoms with van der Waals surface area (Å²) in [5.74, 6) is 0.969. The summed E-state index contributed by atoms with van der Waals surface area (Å²) in [4.78, 5) is 2.52. The van der Waals surface area contributed by atoms with Gasteiger partial charge in [0.15, 0.2) is 0 Å². The molecule has 1 heterocycles. The van der Waals surface area contributed by atoms with E-state index in [1.165, 1.54) is 45.2 Å². The minimum atomic E-state index is 0.969. The Hall–Kier alpha value is -0.340. The van der Waals surface area contributed by atoms with Crippen LogP contribution in [0.3, 0.4) is 0 Å². The zero-order chi connectivity index (χ0) is 11.4. The average Bonchev–Trinajstić information content (AvgIpc) is 2.15. The minimum absolute atomic E-state index is 0.969. The van der Waals surface area contributed by atoms with Crippen molar-refractivity contribution in [3.63, 3.8) is 0 Å². The van der Waals surface area contributed by atoms with Crippen LogP contribution in [0.2, 0.25) is 0 Å². The van der Waals surface area contributed by atoms with E-state index in [0.29, 0.717) is 0 Å². The highest BCUT2D eigenvalue weighted by atomic mass is 15.1. The Balaban J connectivity index is 1.72. The number of rotatable bonds is 4. The van der Waals surface area contributed by atoms with Crippen LogP contribution in [-0.4, -0.2) is 38.1 Å². The SMILES string of the molecule is CC(CN(C)CC1CCCCC1)=C1CNC1. The van der Waals surface area contributed by atoms with Crippen LogP contribution in [0.25, 0.3) is 0 Å². The molecule has 1 saturated heterocycles. The predicted molar refractivity (Wildman–Crippen MR) is 69.6 cm³/mol. The molecule has 0 aromatic carbocycles. The molecule has 1 aliphatic heterocycles. The number of nitrogens with one attached hydrogen (secondary N) is 1. The van der Waals surface area contributed by atoms with Crippen molar-refractivity contribution in [1.82, 2.24) is 10.2 Å². The van der Waals surface area contributed by atoms with Crippen LogP contribution in [-0.2, 0) is 0 Å². The topological polar surface area (TPSA) is 15.3 Å². The fourth-order valence-electron chi connectivity index (χ4n) is 2.94. The molecule has 2 heteroatoms. The molecular weight excluding hydrogens is 196 g/mol. The second-order valence-corrected chi connectivity index (χ2v) is 5.69. The van der Waals surface area contributed by atoms with Gasteiger partial charge in [-0.3, -0.25) is 0 Å². The van der Waals surface area contributed by atoms with Gasteiger partial charge < -0.3 is 10.2 Å². The Morgan fingerprint density at radius 1 is 1.25 bits per heavy atom. The molecule has 0 bridgehead atoms. The number of likely N-dealkylation sites (N-methyl/N-ethyl adjacent to an activating group) is 1. The van der Waals surface area contributed by atoms with Crippen LogP contribution < -0.4 is 5.32 Å². The Morgan fingerprint density at radius 3 is 2.50 bits per heavy atom. The zero-order valence-corrected chi connectivity index (χ0v) is 10.9. The fraction of sp³-hybridized carbons (Fsp3) is 0.857. The highest BCUT2D eigenvalue weighted by molar-refractivity contribution is 5.22. The largest absolute Gasteiger partial charge is 0.309 e. The Kier molecular flexibility index (Phi) is 4.42. The summed E-state index contributed by atoms with van der Waals surface area (Å²) in [7, 11) is 2.28. The molecule has 1 N–H and O–H groups in total. The molecule has 2 rings (SSSR count). The standard InChI is InChI=1S/C14H26N2/c1-12(14-8-15-9-14)10-16(2)11-13-6-4-3-5-7-13/h13,15H,3-11H2,1-2H3. The molecule has 2 fully saturated rings. The van der Waals surface area contributed by atoms with E-state index in [1.807, 2.05) is 0 Å². The first-order valence-corrected chi connectivity index (χ1v) is 6.82. The number of nitrogens with zero attached hydrogens (tertiary/aromatic N) is 1. The minimum Gasteiger partial charge on any atom is -0.309 e. The normalized spacial score (nSPS) is 22.3. The van der Waals surface area contributed by atoms with Gasteiger partial charge in [-0.15, -0.1) is 0 Å². The molecule has 92 valence electrons. The van der Waals surface area contributed by atoms with E-state index < -0.39 is 0 Å². The monoisotopic (exact) mass is 222 g/mol. The molecular formula is C14H26N2. The lowest BCUT2D eigenvalue weighted by molar-refractivity contribution is 0.245.